The van der Waals surface area contributed by atoms with Gasteiger partial charge in [-0.1, -0.05) is 23.2 Å². The van der Waals surface area contributed by atoms with Crippen molar-refractivity contribution in [1.29, 1.82) is 0 Å². The highest BCUT2D eigenvalue weighted by molar-refractivity contribution is 6.35. The maximum absolute atomic E-state index is 12.6. The molecule has 5 nitrogen and oxygen atoms in total. The minimum Gasteiger partial charge on any atom is -0.432 e. The molecular weight excluding hydrogens is 361 g/mol. The van der Waals surface area contributed by atoms with Crippen molar-refractivity contribution in [3.63, 3.8) is 0 Å². The number of hydrogen-bond acceptors (Lipinski definition) is 4. The lowest BCUT2D eigenvalue weighted by Crippen LogP contribution is -2.62. The summed E-state index contributed by atoms with van der Waals surface area (Å²) < 4.78 is 5.64. The van der Waals surface area contributed by atoms with Crippen molar-refractivity contribution in [3.05, 3.63) is 40.3 Å². The Morgan fingerprint density at radius 1 is 1.24 bits per heavy atom. The van der Waals surface area contributed by atoms with Gasteiger partial charge in [0.2, 0.25) is 0 Å². The fourth-order valence-electron chi connectivity index (χ4n) is 3.97. The first-order valence-electron chi connectivity index (χ1n) is 8.48. The maximum Gasteiger partial charge on any atom is 0.307 e. The van der Waals surface area contributed by atoms with Crippen molar-refractivity contribution in [3.8, 4) is 11.3 Å². The van der Waals surface area contributed by atoms with Gasteiger partial charge in [0.1, 0.15) is 0 Å². The number of hydrogen-bond donors (Lipinski definition) is 1. The number of nitrogens with one attached hydrogen (secondary N) is 1. The van der Waals surface area contributed by atoms with E-state index in [1.165, 1.54) is 6.20 Å². The van der Waals surface area contributed by atoms with E-state index in [1.54, 1.807) is 18.2 Å². The van der Waals surface area contributed by atoms with Gasteiger partial charge in [0, 0.05) is 27.7 Å². The van der Waals surface area contributed by atoms with E-state index in [1.807, 2.05) is 0 Å². The van der Waals surface area contributed by atoms with E-state index >= 15 is 0 Å². The summed E-state index contributed by atoms with van der Waals surface area (Å²) in [7, 11) is 0. The predicted molar refractivity (Wildman–Crippen MR) is 97.0 cm³/mol. The number of benzene rings is 1. The number of halogens is 2. The van der Waals surface area contributed by atoms with E-state index in [0.717, 1.165) is 25.9 Å². The van der Waals surface area contributed by atoms with Gasteiger partial charge in [0.25, 0.3) is 5.89 Å². The Kier molecular flexibility index (Phi) is 4.48. The molecule has 2 atom stereocenters. The van der Waals surface area contributed by atoms with Crippen LogP contribution in [0.2, 0.25) is 10.0 Å². The summed E-state index contributed by atoms with van der Waals surface area (Å²) in [5, 5.41) is 4.13. The lowest BCUT2D eigenvalue weighted by molar-refractivity contribution is 0.0210. The van der Waals surface area contributed by atoms with Gasteiger partial charge >= 0.3 is 5.91 Å². The lowest BCUT2D eigenvalue weighted by Gasteiger charge is -2.49. The van der Waals surface area contributed by atoms with Crippen LogP contribution in [-0.2, 0) is 0 Å². The van der Waals surface area contributed by atoms with Gasteiger partial charge in [-0.2, -0.15) is 0 Å². The third-order valence-corrected chi connectivity index (χ3v) is 5.76. The zero-order chi connectivity index (χ0) is 17.6. The third kappa shape index (κ3) is 3.28. The molecule has 25 heavy (non-hydrogen) atoms. The molecular formula is C18H19Cl2N3O2. The molecule has 2 aromatic rings. The van der Waals surface area contributed by atoms with Gasteiger partial charge < -0.3 is 9.73 Å². The number of oxazole rings is 1. The fourth-order valence-corrected chi connectivity index (χ4v) is 4.49. The molecule has 0 unspecified atom stereocenters. The molecule has 1 aromatic heterocycles. The second kappa shape index (κ2) is 6.63. The van der Waals surface area contributed by atoms with E-state index in [9.17, 15) is 4.79 Å². The number of carbonyl (C=O) groups is 1. The molecule has 1 N–H and O–H groups in total. The smallest absolute Gasteiger partial charge is 0.307 e. The molecule has 0 aliphatic carbocycles. The van der Waals surface area contributed by atoms with Gasteiger partial charge in [0.15, 0.2) is 5.76 Å². The van der Waals surface area contributed by atoms with Gasteiger partial charge in [-0.25, -0.2) is 4.98 Å². The molecule has 1 aromatic carbocycles. The zero-order valence-electron chi connectivity index (χ0n) is 13.8. The second-order valence-electron chi connectivity index (χ2n) is 6.80. The van der Waals surface area contributed by atoms with E-state index < -0.39 is 0 Å². The van der Waals surface area contributed by atoms with E-state index in [0.29, 0.717) is 33.3 Å². The van der Waals surface area contributed by atoms with Gasteiger partial charge in [-0.3, -0.25) is 9.69 Å². The molecule has 7 heteroatoms. The normalized spacial score (nSPS) is 28.1. The number of aromatic nitrogens is 1. The predicted octanol–water partition coefficient (Wildman–Crippen LogP) is 3.86. The minimum absolute atomic E-state index is 0.0646. The number of rotatable bonds is 3. The van der Waals surface area contributed by atoms with Crippen LogP contribution in [0.5, 0.6) is 0 Å². The standard InChI is InChI=1S/C18H19Cl2N3O2/c1-10-16(11-2-4-23(10)5-3-11)22-17(24)18-21-9-15(25-18)12-6-13(19)8-14(20)7-12/h6-11,16H,2-5H2,1H3,(H,22,24)/t10-,16-/m0/s1. The molecule has 4 heterocycles. The zero-order valence-corrected chi connectivity index (χ0v) is 15.3. The Bertz CT molecular complexity index is 777. The van der Waals surface area contributed by atoms with Gasteiger partial charge in [0.05, 0.1) is 6.20 Å². The summed E-state index contributed by atoms with van der Waals surface area (Å²) in [6, 6.07) is 5.59. The Morgan fingerprint density at radius 2 is 1.92 bits per heavy atom. The largest absolute Gasteiger partial charge is 0.432 e. The van der Waals surface area contributed by atoms with Crippen LogP contribution >= 0.6 is 23.2 Å². The van der Waals surface area contributed by atoms with Gasteiger partial charge in [-0.15, -0.1) is 0 Å². The van der Waals surface area contributed by atoms with Crippen molar-refractivity contribution >= 4 is 29.1 Å². The average molecular weight is 380 g/mol. The summed E-state index contributed by atoms with van der Waals surface area (Å²) in [6.45, 7) is 4.42. The second-order valence-corrected chi connectivity index (χ2v) is 7.67. The topological polar surface area (TPSA) is 58.4 Å². The Hall–Kier alpha value is -1.56. The molecule has 3 saturated heterocycles. The third-order valence-electron chi connectivity index (χ3n) is 5.32. The number of nitrogens with zero attached hydrogens (tertiary/aromatic N) is 2. The molecule has 0 radical (unpaired) electrons. The van der Waals surface area contributed by atoms with Crippen molar-refractivity contribution in [2.24, 2.45) is 5.92 Å². The molecule has 132 valence electrons. The Balaban J connectivity index is 1.51. The molecule has 3 aliphatic rings. The van der Waals surface area contributed by atoms with E-state index in [4.69, 9.17) is 27.6 Å². The fraction of sp³-hybridized carbons (Fsp3) is 0.444. The molecule has 0 spiro atoms. The minimum atomic E-state index is -0.273. The van der Waals surface area contributed by atoms with Crippen molar-refractivity contribution in [1.82, 2.24) is 15.2 Å². The summed E-state index contributed by atoms with van der Waals surface area (Å²) in [4.78, 5) is 19.1. The molecule has 0 saturated carbocycles. The van der Waals surface area contributed by atoms with Crippen LogP contribution < -0.4 is 5.32 Å². The highest BCUT2D eigenvalue weighted by Gasteiger charge is 2.40. The van der Waals surface area contributed by atoms with Crippen molar-refractivity contribution in [2.75, 3.05) is 13.1 Å². The van der Waals surface area contributed by atoms with Gasteiger partial charge in [-0.05, 0) is 57.0 Å². The SMILES string of the molecule is C[C@H]1[C@H](NC(=O)c2ncc(-c3cc(Cl)cc(Cl)c3)o2)C2CCN1CC2. The van der Waals surface area contributed by atoms with Crippen LogP contribution in [-0.4, -0.2) is 41.0 Å². The Labute approximate surface area is 156 Å². The molecule has 5 rings (SSSR count). The van der Waals surface area contributed by atoms with Crippen LogP contribution in [0.4, 0.5) is 0 Å². The molecule has 1 amide bonds. The van der Waals surface area contributed by atoms with E-state index in [2.05, 4.69) is 22.1 Å². The Morgan fingerprint density at radius 3 is 2.56 bits per heavy atom. The molecule has 2 bridgehead atoms. The molecule has 3 fully saturated rings. The van der Waals surface area contributed by atoms with Crippen LogP contribution in [0, 0.1) is 5.92 Å². The molecule has 3 aliphatic heterocycles. The highest BCUT2D eigenvalue weighted by atomic mass is 35.5. The quantitative estimate of drug-likeness (QED) is 0.879. The monoisotopic (exact) mass is 379 g/mol. The summed E-state index contributed by atoms with van der Waals surface area (Å²) in [6.07, 6.45) is 3.79. The van der Waals surface area contributed by atoms with Crippen molar-refractivity contribution in [2.45, 2.75) is 31.8 Å². The number of fused-ring (bicyclic) bond motifs is 3. The number of amides is 1. The number of piperidine rings is 3. The number of carbonyl (C=O) groups excluding carboxylic acids is 1. The van der Waals surface area contributed by atoms with Crippen LogP contribution in [0.25, 0.3) is 11.3 Å². The summed E-state index contributed by atoms with van der Waals surface area (Å²) in [5.41, 5.74) is 0.695. The highest BCUT2D eigenvalue weighted by Crippen LogP contribution is 2.32. The lowest BCUT2D eigenvalue weighted by atomic mass is 9.79. The van der Waals surface area contributed by atoms with Crippen LogP contribution in [0.1, 0.15) is 30.5 Å². The van der Waals surface area contributed by atoms with Crippen LogP contribution in [0.3, 0.4) is 0 Å². The average Bonchev–Trinajstić information content (AvgIpc) is 3.08. The first-order valence-corrected chi connectivity index (χ1v) is 9.24. The summed E-state index contributed by atoms with van der Waals surface area (Å²) in [5.74, 6) is 0.793. The summed E-state index contributed by atoms with van der Waals surface area (Å²) >= 11 is 12.0. The van der Waals surface area contributed by atoms with Crippen LogP contribution in [0.15, 0.2) is 28.8 Å². The maximum atomic E-state index is 12.6. The van der Waals surface area contributed by atoms with E-state index in [-0.39, 0.29) is 17.8 Å². The van der Waals surface area contributed by atoms with Crippen molar-refractivity contribution < 1.29 is 9.21 Å². The first-order chi connectivity index (χ1) is 12.0. The first kappa shape index (κ1) is 16.9.